The summed E-state index contributed by atoms with van der Waals surface area (Å²) in [5.41, 5.74) is 0. The molecule has 18 heavy (non-hydrogen) atoms. The van der Waals surface area contributed by atoms with Crippen molar-refractivity contribution in [3.8, 4) is 0 Å². The number of anilines is 1. The standard InChI is InChI=1S/C12H17ClN4O/c1-16(2)12(18)9-3-5-17(6-4-9)11-7-10(13)14-8-15-11/h7-9H,3-6H2,1-2H3. The van der Waals surface area contributed by atoms with E-state index in [0.29, 0.717) is 5.15 Å². The van der Waals surface area contributed by atoms with E-state index in [0.717, 1.165) is 31.7 Å². The Bertz CT molecular complexity index is 430. The number of piperidine rings is 1. The zero-order valence-corrected chi connectivity index (χ0v) is 11.4. The van der Waals surface area contributed by atoms with Gasteiger partial charge in [0.05, 0.1) is 0 Å². The number of halogens is 1. The third-order valence-corrected chi connectivity index (χ3v) is 3.43. The average Bonchev–Trinajstić information content (AvgIpc) is 2.38. The third-order valence-electron chi connectivity index (χ3n) is 3.23. The van der Waals surface area contributed by atoms with E-state index in [1.807, 2.05) is 0 Å². The average molecular weight is 269 g/mol. The molecule has 0 bridgehead atoms. The van der Waals surface area contributed by atoms with Crippen LogP contribution < -0.4 is 4.90 Å². The van der Waals surface area contributed by atoms with Crippen LogP contribution in [0.25, 0.3) is 0 Å². The molecule has 5 nitrogen and oxygen atoms in total. The van der Waals surface area contributed by atoms with Gasteiger partial charge in [-0.2, -0.15) is 0 Å². The molecule has 0 spiro atoms. The lowest BCUT2D eigenvalue weighted by Crippen LogP contribution is -2.40. The Balaban J connectivity index is 1.96. The molecule has 6 heteroatoms. The molecule has 2 rings (SSSR count). The Morgan fingerprint density at radius 1 is 1.39 bits per heavy atom. The van der Waals surface area contributed by atoms with Gasteiger partial charge in [-0.25, -0.2) is 9.97 Å². The minimum absolute atomic E-state index is 0.133. The summed E-state index contributed by atoms with van der Waals surface area (Å²) in [7, 11) is 3.61. The summed E-state index contributed by atoms with van der Waals surface area (Å²) in [6.45, 7) is 1.66. The molecule has 0 radical (unpaired) electrons. The number of hydrogen-bond donors (Lipinski definition) is 0. The SMILES string of the molecule is CN(C)C(=O)C1CCN(c2cc(Cl)ncn2)CC1. The fourth-order valence-corrected chi connectivity index (χ4v) is 2.36. The molecule has 1 aliphatic heterocycles. The lowest BCUT2D eigenvalue weighted by atomic mass is 9.95. The first-order valence-corrected chi connectivity index (χ1v) is 6.39. The molecule has 0 N–H and O–H groups in total. The van der Waals surface area contributed by atoms with Gasteiger partial charge in [0.15, 0.2) is 0 Å². The molecule has 0 aromatic carbocycles. The maximum atomic E-state index is 11.9. The molecular weight excluding hydrogens is 252 g/mol. The Hall–Kier alpha value is -1.36. The van der Waals surface area contributed by atoms with Crippen molar-refractivity contribution in [2.75, 3.05) is 32.1 Å². The first-order valence-electron chi connectivity index (χ1n) is 6.01. The second-order valence-electron chi connectivity index (χ2n) is 4.69. The van der Waals surface area contributed by atoms with Crippen LogP contribution in [0.15, 0.2) is 12.4 Å². The van der Waals surface area contributed by atoms with E-state index < -0.39 is 0 Å². The summed E-state index contributed by atoms with van der Waals surface area (Å²) in [4.78, 5) is 23.7. The minimum atomic E-state index is 0.133. The van der Waals surface area contributed by atoms with Crippen molar-refractivity contribution in [1.82, 2.24) is 14.9 Å². The van der Waals surface area contributed by atoms with E-state index in [4.69, 9.17) is 11.6 Å². The van der Waals surface area contributed by atoms with Gasteiger partial charge in [0, 0.05) is 39.2 Å². The molecule has 1 aromatic heterocycles. The van der Waals surface area contributed by atoms with Crippen LogP contribution in [0.3, 0.4) is 0 Å². The Labute approximate surface area is 112 Å². The molecule has 0 unspecified atom stereocenters. The van der Waals surface area contributed by atoms with Gasteiger partial charge in [0.2, 0.25) is 5.91 Å². The smallest absolute Gasteiger partial charge is 0.225 e. The monoisotopic (exact) mass is 268 g/mol. The van der Waals surface area contributed by atoms with Crippen molar-refractivity contribution < 1.29 is 4.79 Å². The predicted octanol–water partition coefficient (Wildman–Crippen LogP) is 1.43. The minimum Gasteiger partial charge on any atom is -0.356 e. The number of carbonyl (C=O) groups is 1. The number of rotatable bonds is 2. The van der Waals surface area contributed by atoms with Gasteiger partial charge in [-0.3, -0.25) is 4.79 Å². The Kier molecular flexibility index (Phi) is 4.01. The van der Waals surface area contributed by atoms with Crippen LogP contribution in [0.1, 0.15) is 12.8 Å². The van der Waals surface area contributed by atoms with Gasteiger partial charge in [0.25, 0.3) is 0 Å². The van der Waals surface area contributed by atoms with Gasteiger partial charge in [0.1, 0.15) is 17.3 Å². The predicted molar refractivity (Wildman–Crippen MR) is 70.7 cm³/mol. The van der Waals surface area contributed by atoms with Crippen molar-refractivity contribution >= 4 is 23.3 Å². The van der Waals surface area contributed by atoms with E-state index in [2.05, 4.69) is 14.9 Å². The molecule has 0 aliphatic carbocycles. The summed E-state index contributed by atoms with van der Waals surface area (Å²) in [5, 5.41) is 0.450. The van der Waals surface area contributed by atoms with E-state index in [1.165, 1.54) is 6.33 Å². The second-order valence-corrected chi connectivity index (χ2v) is 5.08. The second kappa shape index (κ2) is 5.52. The van der Waals surface area contributed by atoms with Crippen LogP contribution in [-0.4, -0.2) is 48.0 Å². The summed E-state index contributed by atoms with van der Waals surface area (Å²) in [6.07, 6.45) is 3.19. The molecule has 1 amide bonds. The quantitative estimate of drug-likeness (QED) is 0.762. The highest BCUT2D eigenvalue weighted by Crippen LogP contribution is 2.23. The van der Waals surface area contributed by atoms with Crippen LogP contribution in [0.2, 0.25) is 5.15 Å². The van der Waals surface area contributed by atoms with Crippen molar-refractivity contribution in [2.45, 2.75) is 12.8 Å². The van der Waals surface area contributed by atoms with Gasteiger partial charge in [-0.1, -0.05) is 11.6 Å². The molecule has 0 saturated carbocycles. The van der Waals surface area contributed by atoms with Crippen molar-refractivity contribution in [2.24, 2.45) is 5.92 Å². The topological polar surface area (TPSA) is 49.3 Å². The first-order chi connectivity index (χ1) is 8.58. The zero-order valence-electron chi connectivity index (χ0n) is 10.6. The molecular formula is C12H17ClN4O. The van der Waals surface area contributed by atoms with Gasteiger partial charge in [-0.05, 0) is 12.8 Å². The highest BCUT2D eigenvalue weighted by molar-refractivity contribution is 6.29. The molecule has 1 aromatic rings. The lowest BCUT2D eigenvalue weighted by molar-refractivity contribution is -0.133. The maximum absolute atomic E-state index is 11.9. The van der Waals surface area contributed by atoms with Crippen LogP contribution in [0.5, 0.6) is 0 Å². The fourth-order valence-electron chi connectivity index (χ4n) is 2.22. The van der Waals surface area contributed by atoms with E-state index in [1.54, 1.807) is 25.1 Å². The van der Waals surface area contributed by atoms with Gasteiger partial charge < -0.3 is 9.80 Å². The Morgan fingerprint density at radius 2 is 2.06 bits per heavy atom. The molecule has 0 atom stereocenters. The summed E-state index contributed by atoms with van der Waals surface area (Å²) in [6, 6.07) is 1.76. The summed E-state index contributed by atoms with van der Waals surface area (Å²) >= 11 is 5.85. The number of carbonyl (C=O) groups excluding carboxylic acids is 1. The third kappa shape index (κ3) is 2.90. The van der Waals surface area contributed by atoms with E-state index in [9.17, 15) is 4.79 Å². The highest BCUT2D eigenvalue weighted by atomic mass is 35.5. The molecule has 1 saturated heterocycles. The Morgan fingerprint density at radius 3 is 2.61 bits per heavy atom. The number of amides is 1. The fraction of sp³-hybridized carbons (Fsp3) is 0.583. The van der Waals surface area contributed by atoms with Crippen LogP contribution in [0.4, 0.5) is 5.82 Å². The molecule has 2 heterocycles. The number of nitrogens with zero attached hydrogens (tertiary/aromatic N) is 4. The van der Waals surface area contributed by atoms with Crippen LogP contribution in [0, 0.1) is 5.92 Å². The van der Waals surface area contributed by atoms with E-state index in [-0.39, 0.29) is 11.8 Å². The zero-order chi connectivity index (χ0) is 13.1. The number of hydrogen-bond acceptors (Lipinski definition) is 4. The normalized spacial score (nSPS) is 16.7. The number of aromatic nitrogens is 2. The first kappa shape index (κ1) is 13.1. The van der Waals surface area contributed by atoms with Gasteiger partial charge >= 0.3 is 0 Å². The molecule has 1 fully saturated rings. The molecule has 1 aliphatic rings. The highest BCUT2D eigenvalue weighted by Gasteiger charge is 2.26. The van der Waals surface area contributed by atoms with Crippen molar-refractivity contribution in [3.63, 3.8) is 0 Å². The van der Waals surface area contributed by atoms with Crippen molar-refractivity contribution in [3.05, 3.63) is 17.5 Å². The van der Waals surface area contributed by atoms with Gasteiger partial charge in [-0.15, -0.1) is 0 Å². The largest absolute Gasteiger partial charge is 0.356 e. The lowest BCUT2D eigenvalue weighted by Gasteiger charge is -2.33. The van der Waals surface area contributed by atoms with Crippen molar-refractivity contribution in [1.29, 1.82) is 0 Å². The van der Waals surface area contributed by atoms with Crippen LogP contribution >= 0.6 is 11.6 Å². The molecule has 98 valence electrons. The van der Waals surface area contributed by atoms with Crippen LogP contribution in [-0.2, 0) is 4.79 Å². The maximum Gasteiger partial charge on any atom is 0.225 e. The summed E-state index contributed by atoms with van der Waals surface area (Å²) in [5.74, 6) is 1.19. The van der Waals surface area contributed by atoms with E-state index >= 15 is 0 Å². The summed E-state index contributed by atoms with van der Waals surface area (Å²) < 4.78 is 0.